The molecule has 12 heteroatoms. The van der Waals surface area contributed by atoms with Crippen LogP contribution >= 0.6 is 11.6 Å². The van der Waals surface area contributed by atoms with Crippen molar-refractivity contribution in [3.63, 3.8) is 0 Å². The van der Waals surface area contributed by atoms with Crippen molar-refractivity contribution in [3.05, 3.63) is 76.8 Å². The number of sulfonamides is 1. The Morgan fingerprint density at radius 2 is 1.57 bits per heavy atom. The molecule has 0 aliphatic heterocycles. The summed E-state index contributed by atoms with van der Waals surface area (Å²) in [6.45, 7) is 5.09. The minimum Gasteiger partial charge on any atom is -0.495 e. The van der Waals surface area contributed by atoms with E-state index < -0.39 is 28.5 Å². The Hall–Kier alpha value is -3.96. The van der Waals surface area contributed by atoms with Crippen LogP contribution in [-0.4, -0.2) is 65.6 Å². The number of benzene rings is 3. The second kappa shape index (κ2) is 14.3. The number of carbonyl (C=O) groups excluding carboxylic acids is 2. The Balaban J connectivity index is 2.16. The summed E-state index contributed by atoms with van der Waals surface area (Å²) in [6, 6.07) is 15.2. The van der Waals surface area contributed by atoms with Gasteiger partial charge in [-0.15, -0.1) is 0 Å². The fourth-order valence-corrected chi connectivity index (χ4v) is 5.95. The Morgan fingerprint density at radius 1 is 0.929 bits per heavy atom. The molecule has 0 radical (unpaired) electrons. The Kier molecular flexibility index (Phi) is 11.1. The van der Waals surface area contributed by atoms with Crippen LogP contribution in [0.15, 0.2) is 65.6 Å². The van der Waals surface area contributed by atoms with Gasteiger partial charge in [0.2, 0.25) is 11.8 Å². The van der Waals surface area contributed by atoms with Crippen LogP contribution in [0.2, 0.25) is 5.02 Å². The summed E-state index contributed by atoms with van der Waals surface area (Å²) in [4.78, 5) is 28.2. The van der Waals surface area contributed by atoms with Gasteiger partial charge in [0.1, 0.15) is 18.3 Å². The number of hydrogen-bond acceptors (Lipinski definition) is 7. The molecule has 226 valence electrons. The normalized spacial score (nSPS) is 11.8. The number of rotatable bonds is 13. The van der Waals surface area contributed by atoms with E-state index in [1.165, 1.54) is 56.6 Å². The summed E-state index contributed by atoms with van der Waals surface area (Å²) in [7, 11) is -0.202. The van der Waals surface area contributed by atoms with Gasteiger partial charge in [-0.05, 0) is 62.2 Å². The molecule has 0 saturated carbocycles. The predicted octanol–water partition coefficient (Wildman–Crippen LogP) is 4.42. The van der Waals surface area contributed by atoms with Crippen molar-refractivity contribution >= 4 is 39.1 Å². The van der Waals surface area contributed by atoms with E-state index in [0.717, 1.165) is 15.4 Å². The van der Waals surface area contributed by atoms with Gasteiger partial charge in [-0.1, -0.05) is 35.9 Å². The van der Waals surface area contributed by atoms with Crippen molar-refractivity contribution in [1.29, 1.82) is 0 Å². The minimum absolute atomic E-state index is 0.0506. The molecule has 0 saturated heterocycles. The Bertz CT molecular complexity index is 1530. The first kappa shape index (κ1) is 32.6. The lowest BCUT2D eigenvalue weighted by Crippen LogP contribution is -2.51. The number of nitrogens with one attached hydrogen (secondary N) is 1. The third kappa shape index (κ3) is 7.27. The van der Waals surface area contributed by atoms with Gasteiger partial charge in [0, 0.05) is 24.2 Å². The topological polar surface area (TPSA) is 114 Å². The maximum atomic E-state index is 14.2. The number of methoxy groups -OCH3 is 3. The molecule has 3 rings (SSSR count). The minimum atomic E-state index is -4.42. The summed E-state index contributed by atoms with van der Waals surface area (Å²) in [5, 5.41) is 2.98. The average Bonchev–Trinajstić information content (AvgIpc) is 2.98. The molecule has 0 aliphatic carbocycles. The van der Waals surface area contributed by atoms with Gasteiger partial charge in [0.05, 0.1) is 31.9 Å². The van der Waals surface area contributed by atoms with E-state index in [-0.39, 0.29) is 39.6 Å². The van der Waals surface area contributed by atoms with E-state index in [2.05, 4.69) is 5.32 Å². The Morgan fingerprint density at radius 3 is 2.19 bits per heavy atom. The van der Waals surface area contributed by atoms with Crippen LogP contribution in [0.1, 0.15) is 25.0 Å². The van der Waals surface area contributed by atoms with Crippen LogP contribution in [0.3, 0.4) is 0 Å². The molecular formula is C30H36ClN3O7S. The molecule has 42 heavy (non-hydrogen) atoms. The van der Waals surface area contributed by atoms with Crippen LogP contribution in [-0.2, 0) is 26.2 Å². The third-order valence-electron chi connectivity index (χ3n) is 6.75. The molecule has 10 nitrogen and oxygen atoms in total. The molecule has 0 fully saturated rings. The smallest absolute Gasteiger partial charge is 0.265 e. The summed E-state index contributed by atoms with van der Waals surface area (Å²) < 4.78 is 45.5. The molecule has 0 aromatic heterocycles. The van der Waals surface area contributed by atoms with Gasteiger partial charge >= 0.3 is 0 Å². The molecule has 0 bridgehead atoms. The molecule has 0 aliphatic rings. The fourth-order valence-electron chi connectivity index (χ4n) is 4.35. The summed E-state index contributed by atoms with van der Waals surface area (Å²) in [6.07, 6.45) is 0. The zero-order valence-electron chi connectivity index (χ0n) is 24.5. The largest absolute Gasteiger partial charge is 0.495 e. The van der Waals surface area contributed by atoms with Crippen molar-refractivity contribution < 1.29 is 32.2 Å². The fraction of sp³-hybridized carbons (Fsp3) is 0.333. The molecule has 1 N–H and O–H groups in total. The highest BCUT2D eigenvalue weighted by Crippen LogP contribution is 2.37. The molecule has 0 spiro atoms. The third-order valence-corrected chi connectivity index (χ3v) is 8.74. The number of amides is 2. The first-order valence-electron chi connectivity index (χ1n) is 13.2. The number of aryl methyl sites for hydroxylation is 1. The zero-order chi connectivity index (χ0) is 31.0. The molecule has 3 aromatic carbocycles. The molecular weight excluding hydrogens is 582 g/mol. The monoisotopic (exact) mass is 617 g/mol. The van der Waals surface area contributed by atoms with Gasteiger partial charge in [-0.25, -0.2) is 8.42 Å². The number of likely N-dealkylation sites (N-methyl/N-ethyl adjacent to an activating group) is 1. The molecule has 2 amide bonds. The molecule has 1 atom stereocenters. The summed E-state index contributed by atoms with van der Waals surface area (Å²) in [5.74, 6) is -0.274. The Labute approximate surface area is 252 Å². The average molecular weight is 618 g/mol. The van der Waals surface area contributed by atoms with Crippen LogP contribution in [0.4, 0.5) is 5.69 Å². The maximum absolute atomic E-state index is 14.2. The van der Waals surface area contributed by atoms with Crippen LogP contribution in [0.5, 0.6) is 17.2 Å². The lowest BCUT2D eigenvalue weighted by Gasteiger charge is -2.32. The second-order valence-corrected chi connectivity index (χ2v) is 11.7. The van der Waals surface area contributed by atoms with Crippen LogP contribution in [0, 0.1) is 6.92 Å². The first-order valence-corrected chi connectivity index (χ1v) is 15.0. The van der Waals surface area contributed by atoms with Crippen molar-refractivity contribution in [2.75, 3.05) is 38.7 Å². The van der Waals surface area contributed by atoms with E-state index in [0.29, 0.717) is 12.3 Å². The number of nitrogens with zero attached hydrogens (tertiary/aromatic N) is 2. The second-order valence-electron chi connectivity index (χ2n) is 9.36. The molecule has 0 heterocycles. The van der Waals surface area contributed by atoms with Gasteiger partial charge < -0.3 is 24.4 Å². The van der Waals surface area contributed by atoms with E-state index >= 15 is 0 Å². The lowest BCUT2D eigenvalue weighted by atomic mass is 10.1. The first-order chi connectivity index (χ1) is 20.0. The van der Waals surface area contributed by atoms with Gasteiger partial charge in [0.25, 0.3) is 10.0 Å². The SMILES string of the molecule is CCNC(=O)C(C)N(Cc1ccccc1C)C(=O)CN(c1cc(Cl)ccc1OC)S(=O)(=O)c1ccc(OC)c(OC)c1. The summed E-state index contributed by atoms with van der Waals surface area (Å²) >= 11 is 6.29. The van der Waals surface area contributed by atoms with Crippen LogP contribution < -0.4 is 23.8 Å². The zero-order valence-corrected chi connectivity index (χ0v) is 26.1. The van der Waals surface area contributed by atoms with Gasteiger partial charge in [-0.3, -0.25) is 13.9 Å². The number of ether oxygens (including phenoxy) is 3. The highest BCUT2D eigenvalue weighted by Gasteiger charge is 2.34. The quantitative estimate of drug-likeness (QED) is 0.302. The van der Waals surface area contributed by atoms with Crippen molar-refractivity contribution in [1.82, 2.24) is 10.2 Å². The van der Waals surface area contributed by atoms with Crippen molar-refractivity contribution in [2.45, 2.75) is 38.3 Å². The summed E-state index contributed by atoms with van der Waals surface area (Å²) in [5.41, 5.74) is 1.79. The van der Waals surface area contributed by atoms with E-state index in [1.807, 2.05) is 31.2 Å². The van der Waals surface area contributed by atoms with Crippen molar-refractivity contribution in [2.24, 2.45) is 0 Å². The number of halogens is 1. The van der Waals surface area contributed by atoms with E-state index in [9.17, 15) is 18.0 Å². The number of hydrogen-bond donors (Lipinski definition) is 1. The maximum Gasteiger partial charge on any atom is 0.265 e. The molecule has 3 aromatic rings. The number of anilines is 1. The highest BCUT2D eigenvalue weighted by atomic mass is 35.5. The lowest BCUT2D eigenvalue weighted by molar-refractivity contribution is -0.139. The van der Waals surface area contributed by atoms with Crippen LogP contribution in [0.25, 0.3) is 0 Å². The number of carbonyl (C=O) groups is 2. The van der Waals surface area contributed by atoms with E-state index in [4.69, 9.17) is 25.8 Å². The standard InChI is InChI=1S/C30H36ClN3O7S/c1-7-32-30(36)21(3)33(18-22-11-9-8-10-20(22)2)29(35)19-34(25-16-23(31)12-14-26(25)39-4)42(37,38)24-13-15-27(40-5)28(17-24)41-6/h8-17,21H,7,18-19H2,1-6H3,(H,32,36). The highest BCUT2D eigenvalue weighted by molar-refractivity contribution is 7.92. The molecule has 1 unspecified atom stereocenters. The van der Waals surface area contributed by atoms with Gasteiger partial charge in [-0.2, -0.15) is 0 Å². The predicted molar refractivity (Wildman–Crippen MR) is 162 cm³/mol. The van der Waals surface area contributed by atoms with Crippen molar-refractivity contribution in [3.8, 4) is 17.2 Å². The van der Waals surface area contributed by atoms with E-state index in [1.54, 1.807) is 19.9 Å². The van der Waals surface area contributed by atoms with Gasteiger partial charge in [0.15, 0.2) is 11.5 Å².